The highest BCUT2D eigenvalue weighted by Gasteiger charge is 2.15. The van der Waals surface area contributed by atoms with Crippen LogP contribution in [0, 0.1) is 24.7 Å². The number of hydrogen-bond acceptors (Lipinski definition) is 4. The van der Waals surface area contributed by atoms with Gasteiger partial charge in [0.15, 0.2) is 0 Å². The molecule has 4 atom stereocenters. The molecular weight excluding hydrogens is 402 g/mol. The maximum atomic E-state index is 11.6. The van der Waals surface area contributed by atoms with Crippen molar-refractivity contribution < 1.29 is 9.53 Å². The average molecular weight is 446 g/mol. The van der Waals surface area contributed by atoms with Gasteiger partial charge < -0.3 is 4.74 Å². The van der Waals surface area contributed by atoms with Gasteiger partial charge in [-0.3, -0.25) is 4.79 Å². The van der Waals surface area contributed by atoms with Crippen molar-refractivity contribution in [2.24, 2.45) is 17.8 Å². The normalized spacial score (nSPS) is 16.5. The van der Waals surface area contributed by atoms with Crippen LogP contribution >= 0.6 is 11.3 Å². The van der Waals surface area contributed by atoms with E-state index in [4.69, 9.17) is 4.74 Å². The Kier molecular flexibility index (Phi) is 12.7. The fraction of sp³-hybridized carbons (Fsp3) is 0.630. The summed E-state index contributed by atoms with van der Waals surface area (Å²) in [5.74, 6) is 1.85. The molecule has 0 aliphatic carbocycles. The highest BCUT2D eigenvalue weighted by molar-refractivity contribution is 7.09. The Balaban J connectivity index is 2.51. The van der Waals surface area contributed by atoms with Gasteiger partial charge in [-0.1, -0.05) is 51.3 Å². The molecule has 1 aromatic heterocycles. The van der Waals surface area contributed by atoms with Crippen molar-refractivity contribution in [3.63, 3.8) is 0 Å². The third kappa shape index (κ3) is 11.5. The Labute approximate surface area is 194 Å². The number of rotatable bonds is 14. The van der Waals surface area contributed by atoms with Crippen molar-refractivity contribution in [1.29, 1.82) is 0 Å². The number of aromatic nitrogens is 1. The molecular formula is C27H43NO2S. The summed E-state index contributed by atoms with van der Waals surface area (Å²) in [6.45, 7) is 18.6. The summed E-state index contributed by atoms with van der Waals surface area (Å²) >= 11 is 1.63. The molecule has 0 saturated heterocycles. The minimum Gasteiger partial charge on any atom is -0.458 e. The van der Waals surface area contributed by atoms with Crippen LogP contribution < -0.4 is 0 Å². The van der Waals surface area contributed by atoms with E-state index in [0.717, 1.165) is 34.5 Å². The van der Waals surface area contributed by atoms with Crippen molar-refractivity contribution in [2.45, 2.75) is 93.1 Å². The van der Waals surface area contributed by atoms with E-state index in [1.165, 1.54) is 38.2 Å². The van der Waals surface area contributed by atoms with Crippen molar-refractivity contribution >= 4 is 23.4 Å². The third-order valence-electron chi connectivity index (χ3n) is 6.11. The number of esters is 1. The molecule has 31 heavy (non-hydrogen) atoms. The Bertz CT molecular complexity index is 746. The van der Waals surface area contributed by atoms with Crippen molar-refractivity contribution in [3.05, 3.63) is 46.0 Å². The zero-order valence-corrected chi connectivity index (χ0v) is 21.6. The molecule has 0 radical (unpaired) electrons. The number of hydrogen-bond donors (Lipinski definition) is 0. The SMILES string of the molecule is C=C[C@@H](C)C[C@H](C)[C@@H](C)CCCC/C(C)=C\CC(OC(C)=O)/C(C)=C/c1csc(C)n1. The predicted octanol–water partition coefficient (Wildman–Crippen LogP) is 8.17. The summed E-state index contributed by atoms with van der Waals surface area (Å²) in [7, 11) is 0. The molecule has 1 aromatic rings. The number of carbonyl (C=O) groups excluding carboxylic acids is 1. The molecule has 0 spiro atoms. The second kappa shape index (κ2) is 14.4. The molecule has 0 aromatic carbocycles. The largest absolute Gasteiger partial charge is 0.458 e. The lowest BCUT2D eigenvalue weighted by molar-refractivity contribution is -0.144. The van der Waals surface area contributed by atoms with Gasteiger partial charge in [-0.2, -0.15) is 0 Å². The fourth-order valence-corrected chi connectivity index (χ4v) is 4.35. The summed E-state index contributed by atoms with van der Waals surface area (Å²) in [4.78, 5) is 16.1. The predicted molar refractivity (Wildman–Crippen MR) is 135 cm³/mol. The first-order valence-corrected chi connectivity index (χ1v) is 12.6. The molecule has 0 amide bonds. The van der Waals surface area contributed by atoms with Crippen LogP contribution in [0.25, 0.3) is 6.08 Å². The second-order valence-corrected chi connectivity index (χ2v) is 10.3. The van der Waals surface area contributed by atoms with Crippen molar-refractivity contribution in [1.82, 2.24) is 4.98 Å². The zero-order valence-electron chi connectivity index (χ0n) is 20.7. The molecule has 0 bridgehead atoms. The van der Waals surface area contributed by atoms with Gasteiger partial charge in [0.1, 0.15) is 6.10 Å². The van der Waals surface area contributed by atoms with Gasteiger partial charge in [0, 0.05) is 18.7 Å². The number of ether oxygens (including phenoxy) is 1. The average Bonchev–Trinajstić information content (AvgIpc) is 3.12. The van der Waals surface area contributed by atoms with E-state index < -0.39 is 0 Å². The number of unbranched alkanes of at least 4 members (excludes halogenated alkanes) is 1. The fourth-order valence-electron chi connectivity index (χ4n) is 3.78. The van der Waals surface area contributed by atoms with Gasteiger partial charge >= 0.3 is 5.97 Å². The summed E-state index contributed by atoms with van der Waals surface area (Å²) in [6.07, 6.45) is 12.9. The maximum absolute atomic E-state index is 11.6. The van der Waals surface area contributed by atoms with Gasteiger partial charge in [0.2, 0.25) is 0 Å². The van der Waals surface area contributed by atoms with Gasteiger partial charge in [-0.25, -0.2) is 4.98 Å². The third-order valence-corrected chi connectivity index (χ3v) is 6.90. The number of allylic oxidation sites excluding steroid dienone is 2. The van der Waals surface area contributed by atoms with E-state index in [9.17, 15) is 4.79 Å². The Hall–Kier alpha value is -1.68. The molecule has 0 aliphatic heterocycles. The topological polar surface area (TPSA) is 39.2 Å². The monoisotopic (exact) mass is 445 g/mol. The minimum atomic E-state index is -0.243. The van der Waals surface area contributed by atoms with Crippen LogP contribution in [-0.4, -0.2) is 17.1 Å². The summed E-state index contributed by atoms with van der Waals surface area (Å²) in [6, 6.07) is 0. The lowest BCUT2D eigenvalue weighted by atomic mass is 9.84. The van der Waals surface area contributed by atoms with Crippen molar-refractivity contribution in [2.75, 3.05) is 0 Å². The van der Waals surface area contributed by atoms with Crippen LogP contribution in [0.5, 0.6) is 0 Å². The molecule has 0 N–H and O–H groups in total. The first kappa shape index (κ1) is 27.4. The highest BCUT2D eigenvalue weighted by atomic mass is 32.1. The molecule has 0 aliphatic rings. The van der Waals surface area contributed by atoms with Gasteiger partial charge in [0.05, 0.1) is 10.7 Å². The minimum absolute atomic E-state index is 0.234. The van der Waals surface area contributed by atoms with Crippen LogP contribution in [0.4, 0.5) is 0 Å². The van der Waals surface area contributed by atoms with E-state index >= 15 is 0 Å². The second-order valence-electron chi connectivity index (χ2n) is 9.21. The van der Waals surface area contributed by atoms with E-state index in [0.29, 0.717) is 12.3 Å². The van der Waals surface area contributed by atoms with E-state index in [1.54, 1.807) is 11.3 Å². The van der Waals surface area contributed by atoms with Gasteiger partial charge in [0.25, 0.3) is 0 Å². The molecule has 0 fully saturated rings. The maximum Gasteiger partial charge on any atom is 0.303 e. The van der Waals surface area contributed by atoms with Crippen LogP contribution in [0.2, 0.25) is 0 Å². The standard InChI is InChI=1S/C27H43NO2S/c1-9-19(2)16-22(5)21(4)13-11-10-12-20(3)14-15-27(30-25(8)29)23(6)17-26-18-31-24(7)28-26/h9,14,17-19,21-22,27H,1,10-13,15-16H2,2-8H3/b20-14-,23-17+/t19-,21+,22+,27?/m1/s1. The number of carbonyl (C=O) groups is 1. The molecule has 4 heteroatoms. The molecule has 3 nitrogen and oxygen atoms in total. The number of nitrogens with zero attached hydrogens (tertiary/aromatic N) is 1. The van der Waals surface area contributed by atoms with Crippen LogP contribution in [0.1, 0.15) is 90.8 Å². The van der Waals surface area contributed by atoms with Crippen LogP contribution in [0.3, 0.4) is 0 Å². The molecule has 1 unspecified atom stereocenters. The zero-order chi connectivity index (χ0) is 23.4. The molecule has 1 heterocycles. The van der Waals surface area contributed by atoms with E-state index in [-0.39, 0.29) is 12.1 Å². The van der Waals surface area contributed by atoms with Gasteiger partial charge in [-0.15, -0.1) is 17.9 Å². The lowest BCUT2D eigenvalue weighted by Gasteiger charge is -2.22. The van der Waals surface area contributed by atoms with Crippen LogP contribution in [0.15, 0.2) is 35.3 Å². The Morgan fingerprint density at radius 1 is 1.19 bits per heavy atom. The first-order chi connectivity index (χ1) is 14.6. The molecule has 174 valence electrons. The lowest BCUT2D eigenvalue weighted by Crippen LogP contribution is -2.17. The highest BCUT2D eigenvalue weighted by Crippen LogP contribution is 2.25. The number of thiazole rings is 1. The summed E-state index contributed by atoms with van der Waals surface area (Å²) in [5, 5.41) is 3.07. The smallest absolute Gasteiger partial charge is 0.303 e. The van der Waals surface area contributed by atoms with Crippen LogP contribution in [-0.2, 0) is 9.53 Å². The van der Waals surface area contributed by atoms with Gasteiger partial charge in [-0.05, 0) is 69.4 Å². The van der Waals surface area contributed by atoms with E-state index in [1.807, 2.05) is 25.3 Å². The number of aryl methyl sites for hydroxylation is 1. The first-order valence-electron chi connectivity index (χ1n) is 11.7. The summed E-state index contributed by atoms with van der Waals surface area (Å²) < 4.78 is 5.58. The quantitative estimate of drug-likeness (QED) is 0.165. The Morgan fingerprint density at radius 2 is 1.90 bits per heavy atom. The Morgan fingerprint density at radius 3 is 2.48 bits per heavy atom. The molecule has 1 rings (SSSR count). The molecule has 0 saturated carbocycles. The van der Waals surface area contributed by atoms with E-state index in [2.05, 4.69) is 51.4 Å². The summed E-state index contributed by atoms with van der Waals surface area (Å²) in [5.41, 5.74) is 3.33. The van der Waals surface area contributed by atoms with Crippen molar-refractivity contribution in [3.8, 4) is 0 Å².